The number of aliphatic carboxylic acids is 1. The SMILES string of the molecule is COCCCn1c(SCC(=O)O)nc2ccc(Br)cc21. The first-order valence-corrected chi connectivity index (χ1v) is 7.89. The van der Waals surface area contributed by atoms with Crippen LogP contribution in [0, 0.1) is 0 Å². The minimum atomic E-state index is -0.841. The Morgan fingerprint density at radius 1 is 1.55 bits per heavy atom. The van der Waals surface area contributed by atoms with Gasteiger partial charge in [-0.25, -0.2) is 4.98 Å². The number of rotatable bonds is 7. The zero-order chi connectivity index (χ0) is 14.5. The largest absolute Gasteiger partial charge is 0.481 e. The Hall–Kier alpha value is -1.05. The van der Waals surface area contributed by atoms with E-state index in [9.17, 15) is 4.79 Å². The molecule has 108 valence electrons. The lowest BCUT2D eigenvalue weighted by Crippen LogP contribution is -2.05. The van der Waals surface area contributed by atoms with Crippen LogP contribution in [0.25, 0.3) is 11.0 Å². The standard InChI is InChI=1S/C13H15BrN2O3S/c1-19-6-2-5-16-11-7-9(14)3-4-10(11)15-13(16)20-8-12(17)18/h3-4,7H,2,5-6,8H2,1H3,(H,17,18). The van der Waals surface area contributed by atoms with Gasteiger partial charge in [-0.2, -0.15) is 0 Å². The number of fused-ring (bicyclic) bond motifs is 1. The van der Waals surface area contributed by atoms with Gasteiger partial charge in [0.25, 0.3) is 0 Å². The van der Waals surface area contributed by atoms with E-state index in [-0.39, 0.29) is 5.75 Å². The molecule has 0 atom stereocenters. The lowest BCUT2D eigenvalue weighted by Gasteiger charge is -2.08. The topological polar surface area (TPSA) is 64.3 Å². The maximum atomic E-state index is 10.7. The smallest absolute Gasteiger partial charge is 0.313 e. The summed E-state index contributed by atoms with van der Waals surface area (Å²) in [5.74, 6) is -0.832. The van der Waals surface area contributed by atoms with Gasteiger partial charge < -0.3 is 14.4 Å². The van der Waals surface area contributed by atoms with Gasteiger partial charge >= 0.3 is 5.97 Å². The molecule has 0 spiro atoms. The van der Waals surface area contributed by atoms with Gasteiger partial charge in [0.15, 0.2) is 5.16 Å². The summed E-state index contributed by atoms with van der Waals surface area (Å²) in [4.78, 5) is 15.2. The normalized spacial score (nSPS) is 11.1. The molecule has 0 aliphatic rings. The average Bonchev–Trinajstić information content (AvgIpc) is 2.74. The van der Waals surface area contributed by atoms with Crippen molar-refractivity contribution in [2.24, 2.45) is 0 Å². The van der Waals surface area contributed by atoms with Crippen LogP contribution in [0.1, 0.15) is 6.42 Å². The second-order valence-corrected chi connectivity index (χ2v) is 6.07. The van der Waals surface area contributed by atoms with Crippen LogP contribution in [0.5, 0.6) is 0 Å². The molecule has 0 radical (unpaired) electrons. The number of nitrogens with zero attached hydrogens (tertiary/aromatic N) is 2. The fraction of sp³-hybridized carbons (Fsp3) is 0.385. The third-order valence-corrected chi connectivity index (χ3v) is 4.18. The van der Waals surface area contributed by atoms with Crippen LogP contribution in [0.4, 0.5) is 0 Å². The number of hydrogen-bond acceptors (Lipinski definition) is 4. The third kappa shape index (κ3) is 3.74. The highest BCUT2D eigenvalue weighted by Crippen LogP contribution is 2.26. The van der Waals surface area contributed by atoms with Crippen molar-refractivity contribution >= 4 is 44.7 Å². The van der Waals surface area contributed by atoms with Gasteiger partial charge in [-0.1, -0.05) is 27.7 Å². The van der Waals surface area contributed by atoms with Crippen LogP contribution in [0.2, 0.25) is 0 Å². The molecule has 7 heteroatoms. The predicted octanol–water partition coefficient (Wildman–Crippen LogP) is 3.01. The van der Waals surface area contributed by atoms with E-state index >= 15 is 0 Å². The molecule has 2 aromatic rings. The van der Waals surface area contributed by atoms with Crippen LogP contribution >= 0.6 is 27.7 Å². The van der Waals surface area contributed by atoms with E-state index < -0.39 is 5.97 Å². The zero-order valence-electron chi connectivity index (χ0n) is 11.0. The van der Waals surface area contributed by atoms with E-state index in [1.54, 1.807) is 7.11 Å². The van der Waals surface area contributed by atoms with Gasteiger partial charge in [-0.05, 0) is 24.6 Å². The molecule has 2 rings (SSSR count). The Morgan fingerprint density at radius 3 is 3.05 bits per heavy atom. The number of carbonyl (C=O) groups is 1. The van der Waals surface area contributed by atoms with Gasteiger partial charge in [0.1, 0.15) is 0 Å². The van der Waals surface area contributed by atoms with Crippen LogP contribution in [0.3, 0.4) is 0 Å². The number of aryl methyl sites for hydroxylation is 1. The predicted molar refractivity (Wildman–Crippen MR) is 82.3 cm³/mol. The number of benzene rings is 1. The first-order valence-electron chi connectivity index (χ1n) is 6.11. The molecule has 0 fully saturated rings. The molecule has 1 N–H and O–H groups in total. The fourth-order valence-corrected chi connectivity index (χ4v) is 3.00. The van der Waals surface area contributed by atoms with Gasteiger partial charge in [0.05, 0.1) is 16.8 Å². The summed E-state index contributed by atoms with van der Waals surface area (Å²) in [7, 11) is 1.67. The van der Waals surface area contributed by atoms with Gasteiger partial charge in [0, 0.05) is 24.7 Å². The van der Waals surface area contributed by atoms with E-state index in [0.717, 1.165) is 33.6 Å². The van der Waals surface area contributed by atoms with Gasteiger partial charge in [-0.3, -0.25) is 4.79 Å². The lowest BCUT2D eigenvalue weighted by molar-refractivity contribution is -0.133. The number of carboxylic acid groups (broad SMARTS) is 1. The molecule has 0 saturated carbocycles. The Kier molecular flexibility index (Phi) is 5.45. The highest BCUT2D eigenvalue weighted by atomic mass is 79.9. The first-order chi connectivity index (χ1) is 9.61. The molecule has 1 heterocycles. The number of thioether (sulfide) groups is 1. The zero-order valence-corrected chi connectivity index (χ0v) is 13.4. The average molecular weight is 359 g/mol. The molecule has 0 saturated heterocycles. The summed E-state index contributed by atoms with van der Waals surface area (Å²) in [6.45, 7) is 1.42. The van der Waals surface area contributed by atoms with E-state index in [2.05, 4.69) is 20.9 Å². The number of methoxy groups -OCH3 is 1. The number of imidazole rings is 1. The highest BCUT2D eigenvalue weighted by molar-refractivity contribution is 9.10. The molecule has 1 aromatic heterocycles. The number of ether oxygens (including phenoxy) is 1. The van der Waals surface area contributed by atoms with Crippen molar-refractivity contribution in [2.75, 3.05) is 19.5 Å². The number of carboxylic acids is 1. The van der Waals surface area contributed by atoms with Crippen molar-refractivity contribution in [1.29, 1.82) is 0 Å². The quantitative estimate of drug-likeness (QED) is 0.608. The van der Waals surface area contributed by atoms with Crippen LogP contribution in [0.15, 0.2) is 27.8 Å². The van der Waals surface area contributed by atoms with Crippen molar-refractivity contribution in [3.8, 4) is 0 Å². The Balaban J connectivity index is 2.32. The fourth-order valence-electron chi connectivity index (χ4n) is 1.89. The molecule has 20 heavy (non-hydrogen) atoms. The monoisotopic (exact) mass is 358 g/mol. The Labute approximate surface area is 129 Å². The van der Waals surface area contributed by atoms with E-state index in [4.69, 9.17) is 9.84 Å². The lowest BCUT2D eigenvalue weighted by atomic mass is 10.3. The maximum Gasteiger partial charge on any atom is 0.313 e. The van der Waals surface area contributed by atoms with E-state index in [1.165, 1.54) is 11.8 Å². The second kappa shape index (κ2) is 7.10. The van der Waals surface area contributed by atoms with Crippen LogP contribution in [-0.4, -0.2) is 40.1 Å². The minimum absolute atomic E-state index is 0.00870. The summed E-state index contributed by atoms with van der Waals surface area (Å²) in [5, 5.41) is 9.55. The number of halogens is 1. The van der Waals surface area contributed by atoms with Crippen LogP contribution in [-0.2, 0) is 16.1 Å². The first kappa shape index (κ1) is 15.3. The third-order valence-electron chi connectivity index (χ3n) is 2.73. The molecule has 0 bridgehead atoms. The number of hydrogen-bond donors (Lipinski definition) is 1. The molecular weight excluding hydrogens is 344 g/mol. The molecule has 0 aliphatic heterocycles. The Morgan fingerprint density at radius 2 is 2.35 bits per heavy atom. The summed E-state index contributed by atoms with van der Waals surface area (Å²) < 4.78 is 8.10. The minimum Gasteiger partial charge on any atom is -0.481 e. The van der Waals surface area contributed by atoms with Gasteiger partial charge in [-0.15, -0.1) is 0 Å². The summed E-state index contributed by atoms with van der Waals surface area (Å²) in [6, 6.07) is 5.86. The second-order valence-electron chi connectivity index (χ2n) is 4.21. The van der Waals surface area contributed by atoms with Crippen LogP contribution < -0.4 is 0 Å². The molecular formula is C13H15BrN2O3S. The van der Waals surface area contributed by atoms with Crippen molar-refractivity contribution in [3.05, 3.63) is 22.7 Å². The highest BCUT2D eigenvalue weighted by Gasteiger charge is 2.12. The molecule has 0 aliphatic carbocycles. The van der Waals surface area contributed by atoms with Crippen molar-refractivity contribution < 1.29 is 14.6 Å². The van der Waals surface area contributed by atoms with E-state index in [0.29, 0.717) is 6.61 Å². The van der Waals surface area contributed by atoms with E-state index in [1.807, 2.05) is 22.8 Å². The summed E-state index contributed by atoms with van der Waals surface area (Å²) in [6.07, 6.45) is 0.856. The van der Waals surface area contributed by atoms with Gasteiger partial charge in [0.2, 0.25) is 0 Å². The molecule has 5 nitrogen and oxygen atoms in total. The molecule has 0 amide bonds. The summed E-state index contributed by atoms with van der Waals surface area (Å²) >= 11 is 4.69. The maximum absolute atomic E-state index is 10.7. The number of aromatic nitrogens is 2. The summed E-state index contributed by atoms with van der Waals surface area (Å²) in [5.41, 5.74) is 1.88. The van der Waals surface area contributed by atoms with Crippen molar-refractivity contribution in [1.82, 2.24) is 9.55 Å². The van der Waals surface area contributed by atoms with Crippen molar-refractivity contribution in [2.45, 2.75) is 18.1 Å². The Bertz CT molecular complexity index is 615. The van der Waals surface area contributed by atoms with Crippen molar-refractivity contribution in [3.63, 3.8) is 0 Å². The molecule has 0 unspecified atom stereocenters. The molecule has 1 aromatic carbocycles.